The summed E-state index contributed by atoms with van der Waals surface area (Å²) >= 11 is 7.80. The Labute approximate surface area is 176 Å². The van der Waals surface area contributed by atoms with Gasteiger partial charge in [-0.15, -0.1) is 11.3 Å². The van der Waals surface area contributed by atoms with Crippen molar-refractivity contribution in [3.05, 3.63) is 90.4 Å². The molecule has 0 amide bonds. The van der Waals surface area contributed by atoms with E-state index in [2.05, 4.69) is 0 Å². The van der Waals surface area contributed by atoms with E-state index in [9.17, 15) is 9.59 Å². The van der Waals surface area contributed by atoms with Crippen LogP contribution in [0.2, 0.25) is 5.02 Å². The lowest BCUT2D eigenvalue weighted by Crippen LogP contribution is -2.39. The molecule has 0 saturated carbocycles. The molecular formula is C22H19ClN2O3S. The third-order valence-corrected chi connectivity index (χ3v) is 6.65. The summed E-state index contributed by atoms with van der Waals surface area (Å²) in [5.41, 5.74) is 1.45. The van der Waals surface area contributed by atoms with Gasteiger partial charge in [0.05, 0.1) is 24.7 Å². The molecule has 2 heterocycles. The minimum absolute atomic E-state index is 0.276. The quantitative estimate of drug-likeness (QED) is 0.481. The highest BCUT2D eigenvalue weighted by Crippen LogP contribution is 2.28. The maximum Gasteiger partial charge on any atom is 0.337 e. The SMILES string of the molecule is COc1cccc(-n2c(=O)c3c(C)c(C)sc3n(Cc3ccccc3Cl)c2=O)c1. The molecule has 0 spiro atoms. The largest absolute Gasteiger partial charge is 0.497 e. The van der Waals surface area contributed by atoms with Gasteiger partial charge in [0.15, 0.2) is 0 Å². The summed E-state index contributed by atoms with van der Waals surface area (Å²) in [6.45, 7) is 4.15. The van der Waals surface area contributed by atoms with Crippen LogP contribution in [0.15, 0.2) is 58.1 Å². The fourth-order valence-corrected chi connectivity index (χ4v) is 4.71. The standard InChI is InChI=1S/C22H19ClN2O3S/c1-13-14(2)29-21-19(13)20(26)25(16-8-6-9-17(11-16)28-3)22(27)24(21)12-15-7-4-5-10-18(15)23/h4-11H,12H2,1-3H3. The van der Waals surface area contributed by atoms with Crippen LogP contribution in [0, 0.1) is 13.8 Å². The molecule has 0 aliphatic heterocycles. The van der Waals surface area contributed by atoms with Crippen molar-refractivity contribution < 1.29 is 4.74 Å². The van der Waals surface area contributed by atoms with E-state index in [0.717, 1.165) is 16.0 Å². The molecule has 0 N–H and O–H groups in total. The maximum absolute atomic E-state index is 13.5. The van der Waals surface area contributed by atoms with E-state index in [1.54, 1.807) is 42.0 Å². The van der Waals surface area contributed by atoms with E-state index in [0.29, 0.717) is 26.7 Å². The fraction of sp³-hybridized carbons (Fsp3) is 0.182. The Balaban J connectivity index is 2.07. The van der Waals surface area contributed by atoms with Crippen LogP contribution in [0.1, 0.15) is 16.0 Å². The normalized spacial score (nSPS) is 11.2. The van der Waals surface area contributed by atoms with Gasteiger partial charge in [-0.1, -0.05) is 35.9 Å². The lowest BCUT2D eigenvalue weighted by Gasteiger charge is -2.14. The molecule has 0 atom stereocenters. The number of methoxy groups -OCH3 is 1. The molecule has 0 bridgehead atoms. The third kappa shape index (κ3) is 3.28. The molecule has 2 aromatic carbocycles. The van der Waals surface area contributed by atoms with E-state index in [4.69, 9.17) is 16.3 Å². The Morgan fingerprint density at radius 1 is 1.07 bits per heavy atom. The number of aryl methyl sites for hydroxylation is 2. The Kier molecular flexibility index (Phi) is 5.06. The zero-order chi connectivity index (χ0) is 20.7. The van der Waals surface area contributed by atoms with Crippen LogP contribution in [0.3, 0.4) is 0 Å². The van der Waals surface area contributed by atoms with Gasteiger partial charge in [-0.2, -0.15) is 0 Å². The molecule has 4 rings (SSSR count). The monoisotopic (exact) mass is 426 g/mol. The average molecular weight is 427 g/mol. The van der Waals surface area contributed by atoms with E-state index in [1.807, 2.05) is 32.0 Å². The van der Waals surface area contributed by atoms with Crippen LogP contribution in [-0.2, 0) is 6.54 Å². The van der Waals surface area contributed by atoms with Gasteiger partial charge in [-0.25, -0.2) is 9.36 Å². The van der Waals surface area contributed by atoms with Crippen LogP contribution < -0.4 is 16.0 Å². The second-order valence-electron chi connectivity index (χ2n) is 6.77. The summed E-state index contributed by atoms with van der Waals surface area (Å²) in [5.74, 6) is 0.574. The van der Waals surface area contributed by atoms with Crippen molar-refractivity contribution >= 4 is 33.2 Å². The van der Waals surface area contributed by atoms with Gasteiger partial charge in [0.1, 0.15) is 10.6 Å². The van der Waals surface area contributed by atoms with Gasteiger partial charge < -0.3 is 4.74 Å². The maximum atomic E-state index is 13.5. The first-order chi connectivity index (χ1) is 13.9. The molecule has 2 aromatic heterocycles. The van der Waals surface area contributed by atoms with E-state index in [-0.39, 0.29) is 12.1 Å². The molecule has 5 nitrogen and oxygen atoms in total. The number of aromatic nitrogens is 2. The van der Waals surface area contributed by atoms with Crippen molar-refractivity contribution in [2.24, 2.45) is 0 Å². The molecule has 0 unspecified atom stereocenters. The first kappa shape index (κ1) is 19.5. The van der Waals surface area contributed by atoms with Gasteiger partial charge in [0.2, 0.25) is 0 Å². The second-order valence-corrected chi connectivity index (χ2v) is 8.38. The van der Waals surface area contributed by atoms with Crippen LogP contribution >= 0.6 is 22.9 Å². The van der Waals surface area contributed by atoms with Crippen LogP contribution in [0.5, 0.6) is 5.75 Å². The van der Waals surface area contributed by atoms with E-state index < -0.39 is 5.69 Å². The summed E-state index contributed by atoms with van der Waals surface area (Å²) < 4.78 is 8.11. The topological polar surface area (TPSA) is 53.2 Å². The first-order valence-corrected chi connectivity index (χ1v) is 10.2. The van der Waals surface area contributed by atoms with Crippen LogP contribution in [0.25, 0.3) is 15.9 Å². The number of nitrogens with zero attached hydrogens (tertiary/aromatic N) is 2. The molecule has 0 fully saturated rings. The van der Waals surface area contributed by atoms with Crippen LogP contribution in [0.4, 0.5) is 0 Å². The number of halogens is 1. The molecule has 0 saturated heterocycles. The van der Waals surface area contributed by atoms with Crippen molar-refractivity contribution in [2.45, 2.75) is 20.4 Å². The van der Waals surface area contributed by atoms with Crippen molar-refractivity contribution in [1.29, 1.82) is 0 Å². The van der Waals surface area contributed by atoms with Gasteiger partial charge in [-0.3, -0.25) is 9.36 Å². The zero-order valence-corrected chi connectivity index (χ0v) is 17.8. The molecular weight excluding hydrogens is 408 g/mol. The first-order valence-electron chi connectivity index (χ1n) is 9.05. The highest BCUT2D eigenvalue weighted by Gasteiger charge is 2.20. The van der Waals surface area contributed by atoms with Crippen molar-refractivity contribution in [3.63, 3.8) is 0 Å². The van der Waals surface area contributed by atoms with Gasteiger partial charge >= 0.3 is 5.69 Å². The fourth-order valence-electron chi connectivity index (χ4n) is 3.37. The van der Waals surface area contributed by atoms with Crippen molar-refractivity contribution in [1.82, 2.24) is 9.13 Å². The van der Waals surface area contributed by atoms with Crippen LogP contribution in [-0.4, -0.2) is 16.2 Å². The number of benzene rings is 2. The molecule has 148 valence electrons. The number of fused-ring (bicyclic) bond motifs is 1. The Bertz CT molecular complexity index is 1350. The molecule has 0 radical (unpaired) electrons. The summed E-state index contributed by atoms with van der Waals surface area (Å²) in [6.07, 6.45) is 0. The summed E-state index contributed by atoms with van der Waals surface area (Å²) in [6, 6.07) is 14.3. The Morgan fingerprint density at radius 3 is 2.55 bits per heavy atom. The Morgan fingerprint density at radius 2 is 1.83 bits per heavy atom. The van der Waals surface area contributed by atoms with E-state index in [1.165, 1.54) is 15.9 Å². The van der Waals surface area contributed by atoms with E-state index >= 15 is 0 Å². The number of thiophene rings is 1. The molecule has 0 aliphatic carbocycles. The Hall–Kier alpha value is -2.83. The molecule has 29 heavy (non-hydrogen) atoms. The number of rotatable bonds is 4. The third-order valence-electron chi connectivity index (χ3n) is 5.05. The summed E-state index contributed by atoms with van der Waals surface area (Å²) in [5, 5.41) is 1.14. The minimum Gasteiger partial charge on any atom is -0.497 e. The van der Waals surface area contributed by atoms with Gasteiger partial charge in [-0.05, 0) is 43.2 Å². The number of hydrogen-bond donors (Lipinski definition) is 0. The minimum atomic E-state index is -0.406. The number of ether oxygens (including phenoxy) is 1. The second kappa shape index (κ2) is 7.54. The predicted molar refractivity (Wildman–Crippen MR) is 118 cm³/mol. The molecule has 4 aromatic rings. The molecule has 0 aliphatic rings. The van der Waals surface area contributed by atoms with Gasteiger partial charge in [0, 0.05) is 16.0 Å². The van der Waals surface area contributed by atoms with Gasteiger partial charge in [0.25, 0.3) is 5.56 Å². The lowest BCUT2D eigenvalue weighted by atomic mass is 10.2. The summed E-state index contributed by atoms with van der Waals surface area (Å²) in [7, 11) is 1.55. The lowest BCUT2D eigenvalue weighted by molar-refractivity contribution is 0.414. The molecule has 7 heteroatoms. The van der Waals surface area contributed by atoms with Crippen molar-refractivity contribution in [3.8, 4) is 11.4 Å². The predicted octanol–water partition coefficient (Wildman–Crippen LogP) is 4.54. The van der Waals surface area contributed by atoms with Crippen molar-refractivity contribution in [2.75, 3.05) is 7.11 Å². The zero-order valence-electron chi connectivity index (χ0n) is 16.2. The highest BCUT2D eigenvalue weighted by molar-refractivity contribution is 7.18. The summed E-state index contributed by atoms with van der Waals surface area (Å²) in [4.78, 5) is 28.5. The highest BCUT2D eigenvalue weighted by atomic mass is 35.5. The average Bonchev–Trinajstić information content (AvgIpc) is 3.01. The number of hydrogen-bond acceptors (Lipinski definition) is 4. The smallest absolute Gasteiger partial charge is 0.337 e.